The first-order valence-corrected chi connectivity index (χ1v) is 6.86. The van der Waals surface area contributed by atoms with Crippen LogP contribution in [0.5, 0.6) is 11.9 Å². The minimum atomic E-state index is 0.280. The Hall–Kier alpha value is -2.21. The van der Waals surface area contributed by atoms with Crippen molar-refractivity contribution in [2.24, 2.45) is 0 Å². The molecule has 3 rings (SSSR count). The Balaban J connectivity index is 2.17. The van der Waals surface area contributed by atoms with E-state index in [0.29, 0.717) is 5.88 Å². The second-order valence-electron chi connectivity index (χ2n) is 4.22. The van der Waals surface area contributed by atoms with Gasteiger partial charge in [0, 0.05) is 6.20 Å². The molecule has 0 bridgehead atoms. The average Bonchev–Trinajstić information content (AvgIpc) is 2.92. The molecular formula is C14H13N3O2S. The van der Waals surface area contributed by atoms with Crippen LogP contribution in [0.3, 0.4) is 0 Å². The molecule has 0 aliphatic rings. The smallest absolute Gasteiger partial charge is 0.319 e. The highest BCUT2D eigenvalue weighted by Gasteiger charge is 2.15. The number of aromatic nitrogens is 3. The van der Waals surface area contributed by atoms with E-state index in [0.717, 1.165) is 16.1 Å². The van der Waals surface area contributed by atoms with Gasteiger partial charge in [-0.25, -0.2) is 9.97 Å². The molecule has 0 amide bonds. The molecule has 2 heterocycles. The Bertz CT molecular complexity index is 770. The third-order valence-corrected chi connectivity index (χ3v) is 4.19. The lowest BCUT2D eigenvalue weighted by atomic mass is 10.2. The molecule has 5 nitrogen and oxygen atoms in total. The maximum absolute atomic E-state index is 5.30. The fourth-order valence-electron chi connectivity index (χ4n) is 1.95. The van der Waals surface area contributed by atoms with Crippen LogP contribution in [0.4, 0.5) is 0 Å². The summed E-state index contributed by atoms with van der Waals surface area (Å²) in [5.41, 5.74) is 2.96. The van der Waals surface area contributed by atoms with Gasteiger partial charge in [-0.3, -0.25) is 0 Å². The van der Waals surface area contributed by atoms with E-state index in [9.17, 15) is 0 Å². The summed E-state index contributed by atoms with van der Waals surface area (Å²) in [5, 5.41) is 0.841. The SMILES string of the molecule is COc1ncc(-c2nc3cccc(C)c3s2)c(OC)n1. The molecule has 102 valence electrons. The quantitative estimate of drug-likeness (QED) is 0.741. The summed E-state index contributed by atoms with van der Waals surface area (Å²) >= 11 is 1.61. The summed E-state index contributed by atoms with van der Waals surface area (Å²) in [6, 6.07) is 6.36. The topological polar surface area (TPSA) is 57.1 Å². The molecule has 0 spiro atoms. The minimum absolute atomic E-state index is 0.280. The van der Waals surface area contributed by atoms with E-state index in [2.05, 4.69) is 27.9 Å². The molecule has 3 aromatic rings. The molecule has 0 saturated carbocycles. The summed E-state index contributed by atoms with van der Waals surface area (Å²) in [5.74, 6) is 0.466. The number of thiazole rings is 1. The number of benzene rings is 1. The molecule has 2 aromatic heterocycles. The second-order valence-corrected chi connectivity index (χ2v) is 5.22. The number of methoxy groups -OCH3 is 2. The molecule has 0 N–H and O–H groups in total. The van der Waals surface area contributed by atoms with Gasteiger partial charge in [0.2, 0.25) is 5.88 Å². The molecule has 0 aliphatic carbocycles. The Morgan fingerprint density at radius 1 is 1.10 bits per heavy atom. The Morgan fingerprint density at radius 3 is 2.65 bits per heavy atom. The summed E-state index contributed by atoms with van der Waals surface area (Å²) in [4.78, 5) is 12.9. The first-order valence-electron chi connectivity index (χ1n) is 6.04. The van der Waals surface area contributed by atoms with Gasteiger partial charge in [0.25, 0.3) is 0 Å². The Labute approximate surface area is 120 Å². The zero-order valence-electron chi connectivity index (χ0n) is 11.4. The minimum Gasteiger partial charge on any atom is -0.480 e. The van der Waals surface area contributed by atoms with Gasteiger partial charge >= 0.3 is 6.01 Å². The van der Waals surface area contributed by atoms with Crippen LogP contribution >= 0.6 is 11.3 Å². The number of rotatable bonds is 3. The molecule has 0 radical (unpaired) electrons. The lowest BCUT2D eigenvalue weighted by Gasteiger charge is -2.05. The van der Waals surface area contributed by atoms with Gasteiger partial charge in [0.15, 0.2) is 0 Å². The third kappa shape index (κ3) is 2.08. The van der Waals surface area contributed by atoms with E-state index in [1.54, 1.807) is 24.6 Å². The van der Waals surface area contributed by atoms with Crippen LogP contribution in [0.1, 0.15) is 5.56 Å². The summed E-state index contributed by atoms with van der Waals surface area (Å²) in [6.07, 6.45) is 1.68. The van der Waals surface area contributed by atoms with E-state index < -0.39 is 0 Å². The van der Waals surface area contributed by atoms with Crippen LogP contribution in [0.15, 0.2) is 24.4 Å². The molecular weight excluding hydrogens is 274 g/mol. The molecule has 0 aliphatic heterocycles. The van der Waals surface area contributed by atoms with Crippen molar-refractivity contribution in [2.75, 3.05) is 14.2 Å². The fraction of sp³-hybridized carbons (Fsp3) is 0.214. The lowest BCUT2D eigenvalue weighted by Crippen LogP contribution is -1.97. The van der Waals surface area contributed by atoms with E-state index in [-0.39, 0.29) is 6.01 Å². The maximum atomic E-state index is 5.30. The summed E-state index contributed by atoms with van der Waals surface area (Å²) < 4.78 is 11.5. The van der Waals surface area contributed by atoms with Crippen molar-refractivity contribution >= 4 is 21.6 Å². The van der Waals surface area contributed by atoms with Crippen molar-refractivity contribution in [1.82, 2.24) is 15.0 Å². The van der Waals surface area contributed by atoms with Crippen molar-refractivity contribution in [3.63, 3.8) is 0 Å². The van der Waals surface area contributed by atoms with Gasteiger partial charge < -0.3 is 9.47 Å². The zero-order valence-corrected chi connectivity index (χ0v) is 12.2. The number of aryl methyl sites for hydroxylation is 1. The number of ether oxygens (including phenoxy) is 2. The Kier molecular flexibility index (Phi) is 3.23. The molecule has 0 saturated heterocycles. The summed E-state index contributed by atoms with van der Waals surface area (Å²) in [7, 11) is 3.10. The van der Waals surface area contributed by atoms with Gasteiger partial charge in [-0.15, -0.1) is 11.3 Å². The molecule has 6 heteroatoms. The van der Waals surface area contributed by atoms with E-state index in [1.165, 1.54) is 17.4 Å². The van der Waals surface area contributed by atoms with Crippen molar-refractivity contribution in [3.05, 3.63) is 30.0 Å². The molecule has 0 fully saturated rings. The lowest BCUT2D eigenvalue weighted by molar-refractivity contribution is 0.353. The molecule has 20 heavy (non-hydrogen) atoms. The van der Waals surface area contributed by atoms with Crippen LogP contribution in [-0.4, -0.2) is 29.2 Å². The first kappa shape index (κ1) is 12.8. The van der Waals surface area contributed by atoms with Gasteiger partial charge in [-0.2, -0.15) is 4.98 Å². The number of fused-ring (bicyclic) bond motifs is 1. The number of hydrogen-bond acceptors (Lipinski definition) is 6. The van der Waals surface area contributed by atoms with Gasteiger partial charge in [-0.1, -0.05) is 12.1 Å². The summed E-state index contributed by atoms with van der Waals surface area (Å²) in [6.45, 7) is 2.08. The predicted molar refractivity (Wildman–Crippen MR) is 78.5 cm³/mol. The van der Waals surface area contributed by atoms with Crippen LogP contribution < -0.4 is 9.47 Å². The van der Waals surface area contributed by atoms with Crippen LogP contribution in [0, 0.1) is 6.92 Å². The van der Waals surface area contributed by atoms with E-state index in [1.807, 2.05) is 12.1 Å². The highest BCUT2D eigenvalue weighted by atomic mass is 32.1. The molecule has 0 atom stereocenters. The van der Waals surface area contributed by atoms with Gasteiger partial charge in [-0.05, 0) is 18.6 Å². The number of nitrogens with zero attached hydrogens (tertiary/aromatic N) is 3. The predicted octanol–water partition coefficient (Wildman–Crippen LogP) is 3.08. The first-order chi connectivity index (χ1) is 9.72. The van der Waals surface area contributed by atoms with E-state index in [4.69, 9.17) is 9.47 Å². The third-order valence-electron chi connectivity index (χ3n) is 2.95. The largest absolute Gasteiger partial charge is 0.480 e. The Morgan fingerprint density at radius 2 is 1.95 bits per heavy atom. The number of hydrogen-bond donors (Lipinski definition) is 0. The molecule has 1 aromatic carbocycles. The van der Waals surface area contributed by atoms with Crippen molar-refractivity contribution in [3.8, 4) is 22.5 Å². The van der Waals surface area contributed by atoms with Gasteiger partial charge in [0.05, 0.1) is 30.0 Å². The highest BCUT2D eigenvalue weighted by Crippen LogP contribution is 2.35. The normalized spacial score (nSPS) is 10.8. The highest BCUT2D eigenvalue weighted by molar-refractivity contribution is 7.21. The van der Waals surface area contributed by atoms with Crippen LogP contribution in [0.25, 0.3) is 20.8 Å². The van der Waals surface area contributed by atoms with Crippen molar-refractivity contribution < 1.29 is 9.47 Å². The molecule has 0 unspecified atom stereocenters. The standard InChI is InChI=1S/C14H13N3O2S/c1-8-5-4-6-10-11(8)20-13(16-10)9-7-15-14(19-3)17-12(9)18-2/h4-7H,1-3H3. The van der Waals surface area contributed by atoms with Crippen molar-refractivity contribution in [1.29, 1.82) is 0 Å². The van der Waals surface area contributed by atoms with E-state index >= 15 is 0 Å². The fourth-order valence-corrected chi connectivity index (χ4v) is 2.99. The van der Waals surface area contributed by atoms with Gasteiger partial charge in [0.1, 0.15) is 5.01 Å². The van der Waals surface area contributed by atoms with Crippen LogP contribution in [-0.2, 0) is 0 Å². The maximum Gasteiger partial charge on any atom is 0.319 e. The average molecular weight is 287 g/mol. The second kappa shape index (κ2) is 5.05. The zero-order chi connectivity index (χ0) is 14.1. The monoisotopic (exact) mass is 287 g/mol. The van der Waals surface area contributed by atoms with Crippen LogP contribution in [0.2, 0.25) is 0 Å². The van der Waals surface area contributed by atoms with Crippen molar-refractivity contribution in [2.45, 2.75) is 6.92 Å².